The van der Waals surface area contributed by atoms with E-state index in [4.69, 9.17) is 4.74 Å². The van der Waals surface area contributed by atoms with E-state index in [1.165, 1.54) is 32.4 Å². The van der Waals surface area contributed by atoms with E-state index in [1.54, 1.807) is 0 Å². The molecule has 140 valence electrons. The zero-order chi connectivity index (χ0) is 17.8. The number of rotatable bonds is 4. The maximum atomic E-state index is 12.9. The highest BCUT2D eigenvalue weighted by molar-refractivity contribution is 5.88. The molecule has 0 aliphatic carbocycles. The molecular formula is C21H29N3O2. The highest BCUT2D eigenvalue weighted by atomic mass is 16.5. The summed E-state index contributed by atoms with van der Waals surface area (Å²) in [5.41, 5.74) is 2.18. The van der Waals surface area contributed by atoms with E-state index in [-0.39, 0.29) is 12.0 Å². The van der Waals surface area contributed by atoms with Gasteiger partial charge in [-0.1, -0.05) is 24.6 Å². The molecule has 0 radical (unpaired) electrons. The molecule has 2 aliphatic rings. The second-order valence-corrected chi connectivity index (χ2v) is 7.58. The number of amides is 1. The Morgan fingerprint density at radius 3 is 2.85 bits per heavy atom. The van der Waals surface area contributed by atoms with Crippen LogP contribution >= 0.6 is 0 Å². The number of H-pyrrole nitrogens is 1. The topological polar surface area (TPSA) is 48.6 Å². The van der Waals surface area contributed by atoms with Gasteiger partial charge in [-0.2, -0.15) is 0 Å². The average molecular weight is 355 g/mol. The monoisotopic (exact) mass is 355 g/mol. The number of fused-ring (bicyclic) bond motifs is 1. The number of nitrogens with zero attached hydrogens (tertiary/aromatic N) is 2. The maximum Gasteiger partial charge on any atom is 0.227 e. The van der Waals surface area contributed by atoms with Gasteiger partial charge < -0.3 is 19.5 Å². The molecule has 2 fully saturated rings. The summed E-state index contributed by atoms with van der Waals surface area (Å²) >= 11 is 0. The fraction of sp³-hybridized carbons (Fsp3) is 0.571. The second kappa shape index (κ2) is 8.23. The van der Waals surface area contributed by atoms with Gasteiger partial charge >= 0.3 is 0 Å². The predicted octanol–water partition coefficient (Wildman–Crippen LogP) is 2.81. The molecule has 0 unspecified atom stereocenters. The standard InChI is InChI=1S/C21H29N3O2/c25-21(13-17-14-22-20-8-3-2-7-19(17)20)24-11-6-12-26-18(16-24)15-23-9-4-1-5-10-23/h2-3,7-8,14,18,22H,1,4-6,9-13,15-16H2/t18-/m0/s1. The third-order valence-electron chi connectivity index (χ3n) is 5.63. The number of carbonyl (C=O) groups is 1. The van der Waals surface area contributed by atoms with Crippen LogP contribution in [0.1, 0.15) is 31.2 Å². The van der Waals surface area contributed by atoms with Crippen molar-refractivity contribution in [2.45, 2.75) is 38.2 Å². The number of para-hydroxylation sites is 1. The largest absolute Gasteiger partial charge is 0.375 e. The lowest BCUT2D eigenvalue weighted by molar-refractivity contribution is -0.131. The van der Waals surface area contributed by atoms with Gasteiger partial charge in [0, 0.05) is 43.3 Å². The molecule has 2 aromatic rings. The highest BCUT2D eigenvalue weighted by Gasteiger charge is 2.25. The Bertz CT molecular complexity index is 736. The van der Waals surface area contributed by atoms with E-state index in [9.17, 15) is 4.79 Å². The molecule has 5 nitrogen and oxygen atoms in total. The Morgan fingerprint density at radius 2 is 1.96 bits per heavy atom. The molecule has 1 aromatic heterocycles. The van der Waals surface area contributed by atoms with E-state index < -0.39 is 0 Å². The molecular weight excluding hydrogens is 326 g/mol. The van der Waals surface area contributed by atoms with Crippen LogP contribution in [-0.4, -0.2) is 66.1 Å². The SMILES string of the molecule is O=C(Cc1c[nH]c2ccccc12)N1CCCO[C@@H](CN2CCCCC2)C1. The first-order valence-corrected chi connectivity index (χ1v) is 9.96. The van der Waals surface area contributed by atoms with Crippen LogP contribution in [0.25, 0.3) is 10.9 Å². The highest BCUT2D eigenvalue weighted by Crippen LogP contribution is 2.20. The normalized spacial score (nSPS) is 22.5. The van der Waals surface area contributed by atoms with Crippen molar-refractivity contribution in [2.75, 3.05) is 39.3 Å². The van der Waals surface area contributed by atoms with Gasteiger partial charge in [-0.05, 0) is 44.0 Å². The van der Waals surface area contributed by atoms with E-state index >= 15 is 0 Å². The van der Waals surface area contributed by atoms with E-state index in [0.717, 1.165) is 49.1 Å². The van der Waals surface area contributed by atoms with Gasteiger partial charge in [0.15, 0.2) is 0 Å². The fourth-order valence-corrected chi connectivity index (χ4v) is 4.21. The summed E-state index contributed by atoms with van der Waals surface area (Å²) in [4.78, 5) is 20.7. The van der Waals surface area contributed by atoms with Crippen LogP contribution in [0.3, 0.4) is 0 Å². The molecule has 2 saturated heterocycles. The third-order valence-corrected chi connectivity index (χ3v) is 5.63. The zero-order valence-corrected chi connectivity index (χ0v) is 15.5. The van der Waals surface area contributed by atoms with Crippen molar-refractivity contribution in [2.24, 2.45) is 0 Å². The van der Waals surface area contributed by atoms with Crippen LogP contribution in [0, 0.1) is 0 Å². The van der Waals surface area contributed by atoms with Crippen molar-refractivity contribution in [3.63, 3.8) is 0 Å². The number of ether oxygens (including phenoxy) is 1. The number of benzene rings is 1. The predicted molar refractivity (Wildman–Crippen MR) is 103 cm³/mol. The number of piperidine rings is 1. The minimum Gasteiger partial charge on any atom is -0.375 e. The molecule has 1 amide bonds. The first-order chi connectivity index (χ1) is 12.8. The summed E-state index contributed by atoms with van der Waals surface area (Å²) in [6.07, 6.45) is 7.42. The summed E-state index contributed by atoms with van der Waals surface area (Å²) < 4.78 is 6.05. The van der Waals surface area contributed by atoms with Gasteiger partial charge in [-0.25, -0.2) is 0 Å². The molecule has 3 heterocycles. The Hall–Kier alpha value is -1.85. The Kier molecular flexibility index (Phi) is 5.56. The molecule has 0 spiro atoms. The van der Waals surface area contributed by atoms with Gasteiger partial charge in [0.05, 0.1) is 12.5 Å². The lowest BCUT2D eigenvalue weighted by Crippen LogP contribution is -2.44. The number of hydrogen-bond donors (Lipinski definition) is 1. The molecule has 1 aromatic carbocycles. The summed E-state index contributed by atoms with van der Waals surface area (Å²) in [7, 11) is 0. The van der Waals surface area contributed by atoms with Crippen LogP contribution in [-0.2, 0) is 16.0 Å². The number of carbonyl (C=O) groups excluding carboxylic acids is 1. The van der Waals surface area contributed by atoms with Gasteiger partial charge in [-0.3, -0.25) is 4.79 Å². The Balaban J connectivity index is 1.39. The number of aromatic amines is 1. The molecule has 5 heteroatoms. The average Bonchev–Trinajstić information content (AvgIpc) is 2.92. The number of hydrogen-bond acceptors (Lipinski definition) is 3. The smallest absolute Gasteiger partial charge is 0.227 e. The molecule has 1 N–H and O–H groups in total. The van der Waals surface area contributed by atoms with Crippen molar-refractivity contribution >= 4 is 16.8 Å². The van der Waals surface area contributed by atoms with Gasteiger partial charge in [0.2, 0.25) is 5.91 Å². The number of aromatic nitrogens is 1. The van der Waals surface area contributed by atoms with Crippen molar-refractivity contribution < 1.29 is 9.53 Å². The third kappa shape index (κ3) is 4.10. The quantitative estimate of drug-likeness (QED) is 0.917. The summed E-state index contributed by atoms with van der Waals surface area (Å²) in [5.74, 6) is 0.212. The number of nitrogens with one attached hydrogen (secondary N) is 1. The molecule has 4 rings (SSSR count). The van der Waals surface area contributed by atoms with Crippen molar-refractivity contribution in [3.05, 3.63) is 36.0 Å². The lowest BCUT2D eigenvalue weighted by Gasteiger charge is -2.31. The molecule has 0 bridgehead atoms. The first kappa shape index (κ1) is 17.6. The molecule has 2 aliphatic heterocycles. The zero-order valence-electron chi connectivity index (χ0n) is 15.5. The minimum atomic E-state index is 0.141. The summed E-state index contributed by atoms with van der Waals surface area (Å²) in [6.45, 7) is 5.58. The fourth-order valence-electron chi connectivity index (χ4n) is 4.21. The first-order valence-electron chi connectivity index (χ1n) is 9.96. The molecule has 1 atom stereocenters. The molecule has 0 saturated carbocycles. The van der Waals surface area contributed by atoms with E-state index in [0.29, 0.717) is 6.42 Å². The summed E-state index contributed by atoms with van der Waals surface area (Å²) in [5, 5.41) is 1.15. The van der Waals surface area contributed by atoms with Crippen LogP contribution in [0.15, 0.2) is 30.5 Å². The van der Waals surface area contributed by atoms with Crippen molar-refractivity contribution in [1.82, 2.24) is 14.8 Å². The van der Waals surface area contributed by atoms with Gasteiger partial charge in [0.25, 0.3) is 0 Å². The minimum absolute atomic E-state index is 0.141. The van der Waals surface area contributed by atoms with E-state index in [1.807, 2.05) is 23.2 Å². The van der Waals surface area contributed by atoms with Crippen LogP contribution in [0.4, 0.5) is 0 Å². The Labute approximate surface area is 155 Å². The number of likely N-dealkylation sites (tertiary alicyclic amines) is 1. The lowest BCUT2D eigenvalue weighted by atomic mass is 10.1. The van der Waals surface area contributed by atoms with Crippen LogP contribution in [0.2, 0.25) is 0 Å². The Morgan fingerprint density at radius 1 is 1.12 bits per heavy atom. The van der Waals surface area contributed by atoms with Crippen LogP contribution in [0.5, 0.6) is 0 Å². The second-order valence-electron chi connectivity index (χ2n) is 7.58. The van der Waals surface area contributed by atoms with Gasteiger partial charge in [0.1, 0.15) is 0 Å². The van der Waals surface area contributed by atoms with Crippen molar-refractivity contribution in [3.8, 4) is 0 Å². The van der Waals surface area contributed by atoms with Crippen LogP contribution < -0.4 is 0 Å². The van der Waals surface area contributed by atoms with Gasteiger partial charge in [-0.15, -0.1) is 0 Å². The maximum absolute atomic E-state index is 12.9. The summed E-state index contributed by atoms with van der Waals surface area (Å²) in [6, 6.07) is 8.18. The molecule has 26 heavy (non-hydrogen) atoms. The van der Waals surface area contributed by atoms with E-state index in [2.05, 4.69) is 22.0 Å². The van der Waals surface area contributed by atoms with Crippen molar-refractivity contribution in [1.29, 1.82) is 0 Å².